The molecule has 4 heteroatoms. The van der Waals surface area contributed by atoms with Gasteiger partial charge < -0.3 is 0 Å². The number of halogens is 2. The van der Waals surface area contributed by atoms with E-state index in [1.165, 1.54) is 64.7 Å². The fraction of sp³-hybridized carbons (Fsp3) is 0.750. The van der Waals surface area contributed by atoms with Gasteiger partial charge in [-0.1, -0.05) is 24.7 Å². The summed E-state index contributed by atoms with van der Waals surface area (Å²) in [7, 11) is 0. The van der Waals surface area contributed by atoms with Crippen molar-refractivity contribution in [2.24, 2.45) is 0 Å². The number of piperidine rings is 2. The van der Waals surface area contributed by atoms with Crippen LogP contribution < -0.4 is 0 Å². The summed E-state index contributed by atoms with van der Waals surface area (Å²) in [6, 6.07) is 0. The third-order valence-corrected chi connectivity index (χ3v) is 3.74. The summed E-state index contributed by atoms with van der Waals surface area (Å²) in [6.45, 7) is 6.67. The molecule has 0 amide bonds. The summed E-state index contributed by atoms with van der Waals surface area (Å²) in [4.78, 5) is 4.87. The maximum Gasteiger partial charge on any atom is 0.0611 e. The largest absolute Gasteiger partial charge is 0.292 e. The van der Waals surface area contributed by atoms with Crippen molar-refractivity contribution in [2.75, 3.05) is 39.3 Å². The Hall–Kier alpha value is -0.380. The van der Waals surface area contributed by atoms with Crippen molar-refractivity contribution in [3.8, 4) is 23.7 Å². The number of hydrogen-bond acceptors (Lipinski definition) is 2. The topological polar surface area (TPSA) is 6.48 Å². The number of rotatable bonds is 2. The van der Waals surface area contributed by atoms with Gasteiger partial charge in [0.15, 0.2) is 0 Å². The second-order valence-corrected chi connectivity index (χ2v) is 5.28. The van der Waals surface area contributed by atoms with Crippen LogP contribution in [-0.2, 0) is 0 Å². The molecule has 0 aromatic heterocycles. The zero-order valence-electron chi connectivity index (χ0n) is 12.2. The Bertz CT molecular complexity index is 314. The molecule has 0 N–H and O–H groups in total. The van der Waals surface area contributed by atoms with Crippen LogP contribution in [0.5, 0.6) is 0 Å². The van der Waals surface area contributed by atoms with Crippen LogP contribution in [0.4, 0.5) is 0 Å². The minimum Gasteiger partial charge on any atom is -0.292 e. The van der Waals surface area contributed by atoms with E-state index in [1.54, 1.807) is 0 Å². The van der Waals surface area contributed by atoms with Crippen LogP contribution in [0.3, 0.4) is 0 Å². The summed E-state index contributed by atoms with van der Waals surface area (Å²) in [5.74, 6) is 12.3. The normalized spacial score (nSPS) is 19.4. The van der Waals surface area contributed by atoms with E-state index in [9.17, 15) is 0 Å². The quantitative estimate of drug-likeness (QED) is 0.723. The van der Waals surface area contributed by atoms with Gasteiger partial charge in [-0.15, -0.1) is 24.8 Å². The van der Waals surface area contributed by atoms with E-state index in [0.717, 1.165) is 13.1 Å². The maximum atomic E-state index is 3.18. The van der Waals surface area contributed by atoms with Crippen LogP contribution in [0.2, 0.25) is 0 Å². The second kappa shape index (κ2) is 12.4. The Balaban J connectivity index is 0.00000180. The average Bonchev–Trinajstić information content (AvgIpc) is 2.45. The van der Waals surface area contributed by atoms with Crippen molar-refractivity contribution in [1.29, 1.82) is 0 Å². The second-order valence-electron chi connectivity index (χ2n) is 5.28. The highest BCUT2D eigenvalue weighted by molar-refractivity contribution is 5.85. The molecule has 114 valence electrons. The summed E-state index contributed by atoms with van der Waals surface area (Å²) in [5, 5.41) is 0. The van der Waals surface area contributed by atoms with Gasteiger partial charge in [0.2, 0.25) is 0 Å². The molecule has 2 heterocycles. The summed E-state index contributed by atoms with van der Waals surface area (Å²) < 4.78 is 0. The van der Waals surface area contributed by atoms with Gasteiger partial charge in [0.05, 0.1) is 13.1 Å². The Kier molecular flexibility index (Phi) is 12.1. The first kappa shape index (κ1) is 19.6. The van der Waals surface area contributed by atoms with Gasteiger partial charge in [-0.25, -0.2) is 0 Å². The molecule has 2 aliphatic heterocycles. The van der Waals surface area contributed by atoms with Crippen molar-refractivity contribution in [3.05, 3.63) is 0 Å². The Morgan fingerprint density at radius 3 is 1.25 bits per heavy atom. The molecule has 0 saturated carbocycles. The van der Waals surface area contributed by atoms with Gasteiger partial charge in [0.25, 0.3) is 0 Å². The first-order valence-corrected chi connectivity index (χ1v) is 7.35. The highest BCUT2D eigenvalue weighted by atomic mass is 35.5. The average molecular weight is 317 g/mol. The maximum absolute atomic E-state index is 3.18. The molecule has 0 atom stereocenters. The molecule has 0 aromatic rings. The van der Waals surface area contributed by atoms with Crippen LogP contribution in [0.25, 0.3) is 0 Å². The van der Waals surface area contributed by atoms with Crippen LogP contribution in [0, 0.1) is 23.7 Å². The molecule has 0 bridgehead atoms. The van der Waals surface area contributed by atoms with Gasteiger partial charge in [0.1, 0.15) is 0 Å². The third-order valence-electron chi connectivity index (χ3n) is 3.74. The molecule has 20 heavy (non-hydrogen) atoms. The zero-order valence-corrected chi connectivity index (χ0v) is 13.8. The lowest BCUT2D eigenvalue weighted by Gasteiger charge is -2.23. The van der Waals surface area contributed by atoms with Gasteiger partial charge in [-0.05, 0) is 63.7 Å². The summed E-state index contributed by atoms with van der Waals surface area (Å²) in [5.41, 5.74) is 0. The molecule has 0 aromatic carbocycles. The zero-order chi connectivity index (χ0) is 12.5. The van der Waals surface area contributed by atoms with Crippen molar-refractivity contribution in [1.82, 2.24) is 9.80 Å². The number of hydrogen-bond donors (Lipinski definition) is 0. The molecule has 2 nitrogen and oxygen atoms in total. The van der Waals surface area contributed by atoms with Crippen molar-refractivity contribution in [3.63, 3.8) is 0 Å². The van der Waals surface area contributed by atoms with E-state index in [2.05, 4.69) is 33.5 Å². The predicted octanol–water partition coefficient (Wildman–Crippen LogP) is 2.81. The molecule has 0 spiro atoms. The van der Waals surface area contributed by atoms with Gasteiger partial charge in [-0.2, -0.15) is 0 Å². The van der Waals surface area contributed by atoms with Crippen LogP contribution in [0.15, 0.2) is 0 Å². The predicted molar refractivity (Wildman–Crippen MR) is 90.6 cm³/mol. The molecule has 0 unspecified atom stereocenters. The molecule has 2 aliphatic rings. The van der Waals surface area contributed by atoms with E-state index in [1.807, 2.05) is 0 Å². The minimum atomic E-state index is 0. The smallest absolute Gasteiger partial charge is 0.0611 e. The Morgan fingerprint density at radius 1 is 0.550 bits per heavy atom. The standard InChI is InChI=1S/C16H24N2.2ClH/c1(5-11-17-13-7-3-8-14-17)2-6-12-18-15-9-4-10-16-18;;/h3-4,7-16H2;2*1H. The van der Waals surface area contributed by atoms with Gasteiger partial charge in [-0.3, -0.25) is 9.80 Å². The fourth-order valence-electron chi connectivity index (χ4n) is 2.63. The van der Waals surface area contributed by atoms with Crippen LogP contribution in [0.1, 0.15) is 38.5 Å². The molecule has 0 aliphatic carbocycles. The molecule has 0 radical (unpaired) electrons. The number of likely N-dealkylation sites (tertiary alicyclic amines) is 2. The van der Waals surface area contributed by atoms with E-state index in [4.69, 9.17) is 0 Å². The first-order valence-electron chi connectivity index (χ1n) is 7.35. The fourth-order valence-corrected chi connectivity index (χ4v) is 2.63. The lowest BCUT2D eigenvalue weighted by atomic mass is 10.1. The van der Waals surface area contributed by atoms with Gasteiger partial charge in [0, 0.05) is 0 Å². The van der Waals surface area contributed by atoms with Crippen molar-refractivity contribution < 1.29 is 0 Å². The van der Waals surface area contributed by atoms with E-state index in [-0.39, 0.29) is 24.8 Å². The summed E-state index contributed by atoms with van der Waals surface area (Å²) in [6.07, 6.45) is 8.12. The number of nitrogens with zero attached hydrogens (tertiary/aromatic N) is 2. The van der Waals surface area contributed by atoms with Crippen molar-refractivity contribution >= 4 is 24.8 Å². The minimum absolute atomic E-state index is 0. The van der Waals surface area contributed by atoms with Crippen molar-refractivity contribution in [2.45, 2.75) is 38.5 Å². The molecular formula is C16H26Cl2N2. The molecule has 2 rings (SSSR count). The molecule has 2 fully saturated rings. The van der Waals surface area contributed by atoms with Crippen LogP contribution >= 0.6 is 24.8 Å². The third kappa shape index (κ3) is 8.03. The van der Waals surface area contributed by atoms with Gasteiger partial charge >= 0.3 is 0 Å². The lowest BCUT2D eigenvalue weighted by Crippen LogP contribution is -2.30. The Morgan fingerprint density at radius 2 is 0.900 bits per heavy atom. The van der Waals surface area contributed by atoms with Crippen LogP contribution in [-0.4, -0.2) is 49.1 Å². The SMILES string of the molecule is C(C#CCN1CCCCC1)#CCN1CCCCC1.Cl.Cl. The monoisotopic (exact) mass is 316 g/mol. The van der Waals surface area contributed by atoms with E-state index < -0.39 is 0 Å². The van der Waals surface area contributed by atoms with E-state index >= 15 is 0 Å². The summed E-state index contributed by atoms with van der Waals surface area (Å²) >= 11 is 0. The first-order chi connectivity index (χ1) is 8.95. The van der Waals surface area contributed by atoms with E-state index in [0.29, 0.717) is 0 Å². The lowest BCUT2D eigenvalue weighted by molar-refractivity contribution is 0.255. The Labute approximate surface area is 136 Å². The molecule has 2 saturated heterocycles. The highest BCUT2D eigenvalue weighted by Gasteiger charge is 2.08. The highest BCUT2D eigenvalue weighted by Crippen LogP contribution is 2.07. The molecular weight excluding hydrogens is 291 g/mol.